The van der Waals surface area contributed by atoms with Crippen LogP contribution in [0.25, 0.3) is 0 Å². The fourth-order valence-electron chi connectivity index (χ4n) is 5.01. The molecule has 0 radical (unpaired) electrons. The Morgan fingerprint density at radius 2 is 1.93 bits per heavy atom. The van der Waals surface area contributed by atoms with Crippen LogP contribution < -0.4 is 0 Å². The molecule has 1 aliphatic carbocycles. The average Bonchev–Trinajstić information content (AvgIpc) is 3.10. The quantitative estimate of drug-likeness (QED) is 0.809. The van der Waals surface area contributed by atoms with Crippen LogP contribution >= 0.6 is 0 Å². The molecule has 1 aromatic carbocycles. The molecule has 1 saturated carbocycles. The second-order valence-electron chi connectivity index (χ2n) is 8.58. The maximum absolute atomic E-state index is 12.7. The first-order valence-electron chi connectivity index (χ1n) is 10.6. The maximum atomic E-state index is 12.7. The van der Waals surface area contributed by atoms with Gasteiger partial charge in [-0.1, -0.05) is 25.3 Å². The molecule has 3 heterocycles. The second-order valence-corrected chi connectivity index (χ2v) is 8.58. The van der Waals surface area contributed by atoms with Gasteiger partial charge in [0.25, 0.3) is 0 Å². The summed E-state index contributed by atoms with van der Waals surface area (Å²) < 4.78 is 0. The van der Waals surface area contributed by atoms with E-state index in [1.54, 1.807) is 0 Å². The van der Waals surface area contributed by atoms with Crippen molar-refractivity contribution in [3.63, 3.8) is 0 Å². The number of carbonyl (C=O) groups is 1. The highest BCUT2D eigenvalue weighted by molar-refractivity contribution is 6.15. The summed E-state index contributed by atoms with van der Waals surface area (Å²) in [5.74, 6) is 0.979. The Labute approximate surface area is 166 Å². The average molecular weight is 374 g/mol. The molecule has 28 heavy (non-hydrogen) atoms. The molecule has 4 nitrogen and oxygen atoms in total. The molecule has 0 saturated heterocycles. The fourth-order valence-corrected chi connectivity index (χ4v) is 5.01. The van der Waals surface area contributed by atoms with Gasteiger partial charge in [0, 0.05) is 36.1 Å². The van der Waals surface area contributed by atoms with Crippen molar-refractivity contribution in [2.75, 3.05) is 6.54 Å². The van der Waals surface area contributed by atoms with Crippen LogP contribution in [0.15, 0.2) is 35.5 Å². The minimum atomic E-state index is 0.293. The SMILES string of the molecule is Cc1cc(C2=NCc3cc4c(cc32)CN(CC2CCCCC2)C(=O)C4)ccn1. The number of nitrogens with zero attached hydrogens (tertiary/aromatic N) is 3. The Bertz CT molecular complexity index is 956. The number of fused-ring (bicyclic) bond motifs is 2. The predicted octanol–water partition coefficient (Wildman–Crippen LogP) is 4.21. The zero-order valence-corrected chi connectivity index (χ0v) is 16.6. The Balaban J connectivity index is 1.42. The zero-order valence-electron chi connectivity index (χ0n) is 16.6. The van der Waals surface area contributed by atoms with E-state index < -0.39 is 0 Å². The molecular weight excluding hydrogens is 346 g/mol. The van der Waals surface area contributed by atoms with Crippen molar-refractivity contribution < 1.29 is 4.79 Å². The largest absolute Gasteiger partial charge is 0.338 e. The van der Waals surface area contributed by atoms with E-state index in [0.717, 1.165) is 30.1 Å². The van der Waals surface area contributed by atoms with E-state index in [1.165, 1.54) is 54.4 Å². The van der Waals surface area contributed by atoms with E-state index in [1.807, 2.05) is 19.2 Å². The molecule has 0 unspecified atom stereocenters. The van der Waals surface area contributed by atoms with Gasteiger partial charge in [0.1, 0.15) is 0 Å². The molecule has 3 aliphatic rings. The van der Waals surface area contributed by atoms with Crippen molar-refractivity contribution in [3.8, 4) is 0 Å². The van der Waals surface area contributed by atoms with Gasteiger partial charge in [-0.2, -0.15) is 0 Å². The molecule has 0 spiro atoms. The zero-order chi connectivity index (χ0) is 19.1. The molecule has 1 fully saturated rings. The summed E-state index contributed by atoms with van der Waals surface area (Å²) in [7, 11) is 0. The minimum absolute atomic E-state index is 0.293. The Kier molecular flexibility index (Phi) is 4.50. The van der Waals surface area contributed by atoms with Gasteiger partial charge in [-0.3, -0.25) is 14.8 Å². The molecule has 1 amide bonds. The normalized spacial score (nSPS) is 19.4. The van der Waals surface area contributed by atoms with Crippen LogP contribution in [0.2, 0.25) is 0 Å². The highest BCUT2D eigenvalue weighted by atomic mass is 16.2. The lowest BCUT2D eigenvalue weighted by Gasteiger charge is -2.33. The minimum Gasteiger partial charge on any atom is -0.338 e. The number of amides is 1. The number of hydrogen-bond donors (Lipinski definition) is 0. The Morgan fingerprint density at radius 1 is 1.07 bits per heavy atom. The van der Waals surface area contributed by atoms with E-state index in [4.69, 9.17) is 4.99 Å². The van der Waals surface area contributed by atoms with E-state index >= 15 is 0 Å². The number of hydrogen-bond acceptors (Lipinski definition) is 3. The highest BCUT2D eigenvalue weighted by Crippen LogP contribution is 2.31. The number of pyridine rings is 1. The number of benzene rings is 1. The molecule has 0 bridgehead atoms. The number of aryl methyl sites for hydroxylation is 1. The number of rotatable bonds is 3. The lowest BCUT2D eigenvalue weighted by atomic mass is 9.87. The van der Waals surface area contributed by atoms with Gasteiger partial charge in [0.2, 0.25) is 5.91 Å². The van der Waals surface area contributed by atoms with Gasteiger partial charge in [-0.05, 0) is 60.6 Å². The molecule has 4 heteroatoms. The van der Waals surface area contributed by atoms with Crippen LogP contribution in [0, 0.1) is 12.8 Å². The van der Waals surface area contributed by atoms with Crippen LogP contribution in [0.5, 0.6) is 0 Å². The summed E-state index contributed by atoms with van der Waals surface area (Å²) in [6.07, 6.45) is 8.95. The third kappa shape index (κ3) is 3.25. The van der Waals surface area contributed by atoms with Gasteiger partial charge in [0.05, 0.1) is 18.7 Å². The summed E-state index contributed by atoms with van der Waals surface area (Å²) in [6, 6.07) is 8.67. The van der Waals surface area contributed by atoms with Crippen molar-refractivity contribution >= 4 is 11.6 Å². The van der Waals surface area contributed by atoms with Crippen molar-refractivity contribution in [3.05, 3.63) is 64.0 Å². The van der Waals surface area contributed by atoms with Crippen LogP contribution in [-0.4, -0.2) is 28.0 Å². The summed E-state index contributed by atoms with van der Waals surface area (Å²) in [4.78, 5) is 24.0. The first-order chi connectivity index (χ1) is 13.7. The van der Waals surface area contributed by atoms with Crippen molar-refractivity contribution in [1.82, 2.24) is 9.88 Å². The van der Waals surface area contributed by atoms with E-state index in [2.05, 4.69) is 28.1 Å². The van der Waals surface area contributed by atoms with Crippen molar-refractivity contribution in [2.24, 2.45) is 10.9 Å². The maximum Gasteiger partial charge on any atom is 0.227 e. The molecule has 1 aromatic heterocycles. The Morgan fingerprint density at radius 3 is 2.75 bits per heavy atom. The third-order valence-electron chi connectivity index (χ3n) is 6.52. The van der Waals surface area contributed by atoms with Gasteiger partial charge in [-0.15, -0.1) is 0 Å². The molecular formula is C24H27N3O. The molecule has 2 aliphatic heterocycles. The first kappa shape index (κ1) is 17.6. The first-order valence-corrected chi connectivity index (χ1v) is 10.6. The standard InChI is InChI=1S/C24H27N3O/c1-16-9-18(7-8-25-16)24-22-11-21-15-27(14-17-5-3-2-4-6-17)23(28)12-19(21)10-20(22)13-26-24/h7-11,17H,2-6,12-15H2,1H3. The topological polar surface area (TPSA) is 45.6 Å². The summed E-state index contributed by atoms with van der Waals surface area (Å²) >= 11 is 0. The molecule has 2 aromatic rings. The second kappa shape index (κ2) is 7.16. The predicted molar refractivity (Wildman–Crippen MR) is 110 cm³/mol. The monoisotopic (exact) mass is 373 g/mol. The molecule has 0 atom stereocenters. The summed E-state index contributed by atoms with van der Waals surface area (Å²) in [5, 5.41) is 0. The van der Waals surface area contributed by atoms with Crippen LogP contribution in [-0.2, 0) is 24.3 Å². The molecule has 144 valence electrons. The third-order valence-corrected chi connectivity index (χ3v) is 6.52. The van der Waals surface area contributed by atoms with E-state index in [9.17, 15) is 4.79 Å². The summed E-state index contributed by atoms with van der Waals surface area (Å²) in [6.45, 7) is 4.40. The van der Waals surface area contributed by atoms with Gasteiger partial charge in [0.15, 0.2) is 0 Å². The molecule has 0 N–H and O–H groups in total. The van der Waals surface area contributed by atoms with Gasteiger partial charge < -0.3 is 4.90 Å². The van der Waals surface area contributed by atoms with Gasteiger partial charge in [-0.25, -0.2) is 0 Å². The van der Waals surface area contributed by atoms with Crippen molar-refractivity contribution in [1.29, 1.82) is 0 Å². The Hall–Kier alpha value is -2.49. The van der Waals surface area contributed by atoms with Gasteiger partial charge >= 0.3 is 0 Å². The van der Waals surface area contributed by atoms with Crippen molar-refractivity contribution in [2.45, 2.75) is 58.5 Å². The number of aliphatic imine (C=N–C) groups is 1. The lowest BCUT2D eigenvalue weighted by Crippen LogP contribution is -2.40. The number of aromatic nitrogens is 1. The summed E-state index contributed by atoms with van der Waals surface area (Å²) in [5.41, 5.74) is 8.20. The van der Waals surface area contributed by atoms with Crippen LogP contribution in [0.3, 0.4) is 0 Å². The van der Waals surface area contributed by atoms with E-state index in [0.29, 0.717) is 24.8 Å². The van der Waals surface area contributed by atoms with Crippen LogP contribution in [0.4, 0.5) is 0 Å². The smallest absolute Gasteiger partial charge is 0.227 e. The number of carbonyl (C=O) groups excluding carboxylic acids is 1. The lowest BCUT2D eigenvalue weighted by molar-refractivity contribution is -0.132. The fraction of sp³-hybridized carbons (Fsp3) is 0.458. The van der Waals surface area contributed by atoms with Crippen LogP contribution in [0.1, 0.15) is 65.6 Å². The van der Waals surface area contributed by atoms with E-state index in [-0.39, 0.29) is 0 Å². The molecule has 5 rings (SSSR count). The highest BCUT2D eigenvalue weighted by Gasteiger charge is 2.28.